The maximum absolute atomic E-state index is 13.1. The van der Waals surface area contributed by atoms with Crippen molar-refractivity contribution < 1.29 is 22.7 Å². The average molecular weight is 613 g/mol. The Kier molecular flexibility index (Phi) is 10.5. The van der Waals surface area contributed by atoms with Crippen LogP contribution < -0.4 is 4.72 Å². The van der Waals surface area contributed by atoms with Crippen molar-refractivity contribution in [3.05, 3.63) is 101 Å². The predicted octanol–water partition coefficient (Wildman–Crippen LogP) is 6.66. The Morgan fingerprint density at radius 2 is 1.64 bits per heavy atom. The van der Waals surface area contributed by atoms with Crippen LogP contribution in [-0.2, 0) is 30.9 Å². The Hall–Kier alpha value is -2.78. The summed E-state index contributed by atoms with van der Waals surface area (Å²) >= 11 is 3.36. The number of hydrogen-bond acceptors (Lipinski definition) is 5. The van der Waals surface area contributed by atoms with Gasteiger partial charge in [-0.2, -0.15) is 0 Å². The molecule has 3 atom stereocenters. The van der Waals surface area contributed by atoms with Crippen LogP contribution in [0.3, 0.4) is 0 Å². The van der Waals surface area contributed by atoms with Crippen molar-refractivity contribution in [2.45, 2.75) is 55.8 Å². The molecule has 4 rings (SSSR count). The van der Waals surface area contributed by atoms with E-state index >= 15 is 0 Å². The normalized spacial score (nSPS) is 19.4. The number of halogens is 1. The van der Waals surface area contributed by atoms with Gasteiger partial charge in [-0.1, -0.05) is 82.7 Å². The average Bonchev–Trinajstić information content (AvgIpc) is 3.32. The van der Waals surface area contributed by atoms with Gasteiger partial charge in [0.25, 0.3) is 0 Å². The molecule has 0 radical (unpaired) electrons. The van der Waals surface area contributed by atoms with Crippen LogP contribution in [0, 0.1) is 5.92 Å². The summed E-state index contributed by atoms with van der Waals surface area (Å²) in [4.78, 5) is 11.7. The molecule has 3 aromatic rings. The first-order valence-corrected chi connectivity index (χ1v) is 15.4. The molecular weight excluding hydrogens is 578 g/mol. The zero-order chi connectivity index (χ0) is 27.7. The van der Waals surface area contributed by atoms with Gasteiger partial charge in [0.15, 0.2) is 0 Å². The summed E-state index contributed by atoms with van der Waals surface area (Å²) in [5.41, 5.74) is 3.39. The minimum absolute atomic E-state index is 0.0341. The van der Waals surface area contributed by atoms with Crippen LogP contribution in [0.25, 0.3) is 11.1 Å². The van der Waals surface area contributed by atoms with Crippen molar-refractivity contribution >= 4 is 31.9 Å². The van der Waals surface area contributed by atoms with E-state index in [-0.39, 0.29) is 28.9 Å². The van der Waals surface area contributed by atoms with Crippen LogP contribution >= 0.6 is 15.9 Å². The molecular formula is C31H34BrNO5S. The summed E-state index contributed by atoms with van der Waals surface area (Å²) in [6.45, 7) is 0.453. The SMILES string of the molecule is COC(=O)CCC=CC[C@@H]1[C@@H](NS(=O)(=O)c2ccc(Br)cc2)CC[C@@H]1OCc1ccc(-c2ccccc2)cc1. The van der Waals surface area contributed by atoms with E-state index in [0.29, 0.717) is 32.3 Å². The van der Waals surface area contributed by atoms with Crippen molar-refractivity contribution in [3.8, 4) is 11.1 Å². The Morgan fingerprint density at radius 1 is 0.949 bits per heavy atom. The van der Waals surface area contributed by atoms with Crippen molar-refractivity contribution in [3.63, 3.8) is 0 Å². The number of hydrogen-bond donors (Lipinski definition) is 1. The first kappa shape index (κ1) is 29.2. The monoisotopic (exact) mass is 611 g/mol. The molecule has 0 heterocycles. The number of benzene rings is 3. The molecule has 0 bridgehead atoms. The highest BCUT2D eigenvalue weighted by Gasteiger charge is 2.38. The van der Waals surface area contributed by atoms with Crippen molar-refractivity contribution in [2.75, 3.05) is 7.11 Å². The molecule has 39 heavy (non-hydrogen) atoms. The Morgan fingerprint density at radius 3 is 2.33 bits per heavy atom. The molecule has 206 valence electrons. The van der Waals surface area contributed by atoms with E-state index in [4.69, 9.17) is 9.47 Å². The molecule has 1 aliphatic carbocycles. The van der Waals surface area contributed by atoms with E-state index in [0.717, 1.165) is 22.0 Å². The number of carbonyl (C=O) groups excluding carboxylic acids is 1. The second-order valence-electron chi connectivity index (χ2n) is 9.66. The number of carbonyl (C=O) groups is 1. The lowest BCUT2D eigenvalue weighted by Crippen LogP contribution is -2.39. The first-order chi connectivity index (χ1) is 18.9. The summed E-state index contributed by atoms with van der Waals surface area (Å²) < 4.78 is 41.1. The fraction of sp³-hybridized carbons (Fsp3) is 0.323. The van der Waals surface area contributed by atoms with Crippen LogP contribution in [0.2, 0.25) is 0 Å². The van der Waals surface area contributed by atoms with Gasteiger partial charge < -0.3 is 9.47 Å². The molecule has 8 heteroatoms. The number of sulfonamides is 1. The minimum Gasteiger partial charge on any atom is -0.469 e. The third kappa shape index (κ3) is 8.35. The highest BCUT2D eigenvalue weighted by atomic mass is 79.9. The van der Waals surface area contributed by atoms with Gasteiger partial charge in [-0.3, -0.25) is 4.79 Å². The number of allylic oxidation sites excluding steroid dienone is 2. The summed E-state index contributed by atoms with van der Waals surface area (Å²) in [5.74, 6) is -0.284. The second-order valence-corrected chi connectivity index (χ2v) is 12.3. The van der Waals surface area contributed by atoms with Gasteiger partial charge in [0, 0.05) is 22.9 Å². The van der Waals surface area contributed by atoms with Crippen LogP contribution in [0.1, 0.15) is 37.7 Å². The van der Waals surface area contributed by atoms with E-state index in [2.05, 4.69) is 57.1 Å². The van der Waals surface area contributed by atoms with Gasteiger partial charge in [-0.05, 0) is 66.6 Å². The Bertz CT molecular complexity index is 1340. The molecule has 0 saturated heterocycles. The van der Waals surface area contributed by atoms with Crippen LogP contribution in [0.5, 0.6) is 0 Å². The van der Waals surface area contributed by atoms with Gasteiger partial charge in [0.1, 0.15) is 0 Å². The molecule has 0 aliphatic heterocycles. The van der Waals surface area contributed by atoms with Crippen LogP contribution in [-0.4, -0.2) is 33.6 Å². The summed E-state index contributed by atoms with van der Waals surface area (Å²) in [5, 5.41) is 0. The van der Waals surface area contributed by atoms with Gasteiger partial charge in [0.2, 0.25) is 10.0 Å². The number of esters is 1. The van der Waals surface area contributed by atoms with E-state index in [1.54, 1.807) is 24.3 Å². The van der Waals surface area contributed by atoms with E-state index in [1.165, 1.54) is 12.7 Å². The highest BCUT2D eigenvalue weighted by Crippen LogP contribution is 2.34. The fourth-order valence-electron chi connectivity index (χ4n) is 4.88. The predicted molar refractivity (Wildman–Crippen MR) is 156 cm³/mol. The maximum Gasteiger partial charge on any atom is 0.305 e. The third-order valence-corrected chi connectivity index (χ3v) is 9.06. The van der Waals surface area contributed by atoms with Gasteiger partial charge in [0.05, 0.1) is 24.7 Å². The fourth-order valence-corrected chi connectivity index (χ4v) is 6.47. The molecule has 3 aromatic carbocycles. The lowest BCUT2D eigenvalue weighted by atomic mass is 9.97. The third-order valence-electron chi connectivity index (χ3n) is 7.03. The zero-order valence-corrected chi connectivity index (χ0v) is 24.4. The molecule has 1 N–H and O–H groups in total. The molecule has 0 amide bonds. The Balaban J connectivity index is 1.42. The highest BCUT2D eigenvalue weighted by molar-refractivity contribution is 9.10. The molecule has 0 aromatic heterocycles. The number of nitrogens with one attached hydrogen (secondary N) is 1. The Labute approximate surface area is 239 Å². The standard InChI is InChI=1S/C31H34BrNO5S/c1-37-31(34)11-7-3-6-10-28-29(33-39(35,36)27-18-16-26(32)17-19-27)20-21-30(28)38-22-23-12-14-25(15-13-23)24-8-4-2-5-9-24/h2-6,8-9,12-19,28-30,33H,7,10-11,20-22H2,1H3/t28-,29+,30+/m1/s1. The molecule has 1 aliphatic rings. The smallest absolute Gasteiger partial charge is 0.305 e. The summed E-state index contributed by atoms with van der Waals surface area (Å²) in [6, 6.07) is 24.9. The topological polar surface area (TPSA) is 81.7 Å². The van der Waals surface area contributed by atoms with Gasteiger partial charge >= 0.3 is 5.97 Å². The number of ether oxygens (including phenoxy) is 2. The first-order valence-electron chi connectivity index (χ1n) is 13.1. The molecule has 6 nitrogen and oxygen atoms in total. The number of methoxy groups -OCH3 is 1. The van der Waals surface area contributed by atoms with Crippen molar-refractivity contribution in [1.29, 1.82) is 0 Å². The molecule has 1 saturated carbocycles. The lowest BCUT2D eigenvalue weighted by molar-refractivity contribution is -0.140. The van der Waals surface area contributed by atoms with Gasteiger partial charge in [-0.15, -0.1) is 0 Å². The van der Waals surface area contributed by atoms with Gasteiger partial charge in [-0.25, -0.2) is 13.1 Å². The van der Waals surface area contributed by atoms with Crippen LogP contribution in [0.15, 0.2) is 100 Å². The zero-order valence-electron chi connectivity index (χ0n) is 22.0. The molecule has 0 spiro atoms. The maximum atomic E-state index is 13.1. The summed E-state index contributed by atoms with van der Waals surface area (Å²) in [6.07, 6.45) is 6.86. The molecule has 1 fully saturated rings. The second kappa shape index (κ2) is 14.0. The quantitative estimate of drug-likeness (QED) is 0.183. The van der Waals surface area contributed by atoms with Crippen molar-refractivity contribution in [1.82, 2.24) is 4.72 Å². The van der Waals surface area contributed by atoms with E-state index in [9.17, 15) is 13.2 Å². The van der Waals surface area contributed by atoms with E-state index < -0.39 is 10.0 Å². The number of rotatable bonds is 12. The molecule has 0 unspecified atom stereocenters. The minimum atomic E-state index is -3.68. The largest absolute Gasteiger partial charge is 0.469 e. The van der Waals surface area contributed by atoms with Crippen LogP contribution in [0.4, 0.5) is 0 Å². The van der Waals surface area contributed by atoms with E-state index in [1.807, 2.05) is 30.4 Å². The summed E-state index contributed by atoms with van der Waals surface area (Å²) in [7, 11) is -2.30. The lowest BCUT2D eigenvalue weighted by Gasteiger charge is -2.25. The van der Waals surface area contributed by atoms with Crippen molar-refractivity contribution in [2.24, 2.45) is 5.92 Å².